The van der Waals surface area contributed by atoms with Crippen LogP contribution in [0, 0.1) is 5.92 Å². The molecule has 0 unspecified atom stereocenters. The van der Waals surface area contributed by atoms with Gasteiger partial charge in [0.1, 0.15) is 6.61 Å². The molecule has 1 aliphatic carbocycles. The molecule has 0 heterocycles. The smallest absolute Gasteiger partial charge is 0.110 e. The Morgan fingerprint density at radius 1 is 1.25 bits per heavy atom. The fourth-order valence-corrected chi connectivity index (χ4v) is 1.61. The highest BCUT2D eigenvalue weighted by atomic mass is 16.5. The molecule has 2 heteroatoms. The second kappa shape index (κ2) is 6.06. The summed E-state index contributed by atoms with van der Waals surface area (Å²) in [5.74, 6) is 0.720. The van der Waals surface area contributed by atoms with E-state index in [4.69, 9.17) is 9.84 Å². The van der Waals surface area contributed by atoms with Crippen LogP contribution in [0.4, 0.5) is 0 Å². The third kappa shape index (κ3) is 3.77. The van der Waals surface area contributed by atoms with Gasteiger partial charge in [0.2, 0.25) is 0 Å². The Morgan fingerprint density at radius 2 is 2.00 bits per heavy atom. The summed E-state index contributed by atoms with van der Waals surface area (Å²) in [6, 6.07) is 0. The molecule has 0 radical (unpaired) electrons. The molecule has 1 fully saturated rings. The second-order valence-corrected chi connectivity index (χ2v) is 3.32. The predicted octanol–water partition coefficient (Wildman–Crippen LogP) is 2.09. The van der Waals surface area contributed by atoms with Crippen LogP contribution < -0.4 is 0 Å². The van der Waals surface area contributed by atoms with Gasteiger partial charge in [-0.05, 0) is 24.8 Å². The van der Waals surface area contributed by atoms with Crippen LogP contribution in [0.2, 0.25) is 0 Å². The summed E-state index contributed by atoms with van der Waals surface area (Å²) in [6.45, 7) is 0.526. The van der Waals surface area contributed by atoms with Crippen LogP contribution in [-0.2, 0) is 4.74 Å². The van der Waals surface area contributed by atoms with E-state index in [1.807, 2.05) is 0 Å². The maximum atomic E-state index is 8.44. The van der Waals surface area contributed by atoms with E-state index in [0.29, 0.717) is 6.61 Å². The van der Waals surface area contributed by atoms with Gasteiger partial charge in [-0.3, -0.25) is 0 Å². The van der Waals surface area contributed by atoms with Crippen molar-refractivity contribution in [3.8, 4) is 0 Å². The molecule has 0 saturated heterocycles. The summed E-state index contributed by atoms with van der Waals surface area (Å²) < 4.78 is 5.05. The number of hydrogen-bond acceptors (Lipinski definition) is 2. The van der Waals surface area contributed by atoms with E-state index >= 15 is 0 Å². The first-order chi connectivity index (χ1) is 5.93. The van der Waals surface area contributed by atoms with Crippen LogP contribution in [0.15, 0.2) is 12.3 Å². The predicted molar refractivity (Wildman–Crippen MR) is 48.8 cm³/mol. The topological polar surface area (TPSA) is 29.5 Å². The molecule has 0 aromatic carbocycles. The van der Waals surface area contributed by atoms with E-state index in [2.05, 4.69) is 6.08 Å². The van der Waals surface area contributed by atoms with Crippen LogP contribution in [0.3, 0.4) is 0 Å². The van der Waals surface area contributed by atoms with Gasteiger partial charge >= 0.3 is 0 Å². The first-order valence-electron chi connectivity index (χ1n) is 4.82. The first-order valence-corrected chi connectivity index (χ1v) is 4.82. The molecule has 1 aliphatic rings. The summed E-state index contributed by atoms with van der Waals surface area (Å²) in [6.07, 6.45) is 10.6. The average molecular weight is 170 g/mol. The Balaban J connectivity index is 2.07. The molecule has 1 rings (SSSR count). The molecule has 0 spiro atoms. The molecule has 0 atom stereocenters. The van der Waals surface area contributed by atoms with Crippen molar-refractivity contribution in [3.05, 3.63) is 12.3 Å². The summed E-state index contributed by atoms with van der Waals surface area (Å²) >= 11 is 0. The van der Waals surface area contributed by atoms with Gasteiger partial charge in [0.05, 0.1) is 12.9 Å². The van der Waals surface area contributed by atoms with E-state index in [9.17, 15) is 0 Å². The van der Waals surface area contributed by atoms with Gasteiger partial charge in [0.15, 0.2) is 0 Å². The van der Waals surface area contributed by atoms with Crippen LogP contribution in [0.5, 0.6) is 0 Å². The van der Waals surface area contributed by atoms with Crippen LogP contribution >= 0.6 is 0 Å². The molecule has 1 saturated carbocycles. The van der Waals surface area contributed by atoms with Crippen molar-refractivity contribution in [3.63, 3.8) is 0 Å². The zero-order valence-electron chi connectivity index (χ0n) is 7.54. The normalized spacial score (nSPS) is 20.1. The zero-order chi connectivity index (χ0) is 8.65. The highest BCUT2D eigenvalue weighted by Gasteiger charge is 2.09. The summed E-state index contributed by atoms with van der Waals surface area (Å²) in [5, 5.41) is 8.44. The molecule has 1 N–H and O–H groups in total. The number of rotatable bonds is 4. The lowest BCUT2D eigenvalue weighted by atomic mass is 9.89. The summed E-state index contributed by atoms with van der Waals surface area (Å²) in [4.78, 5) is 0. The Kier molecular flexibility index (Phi) is 4.85. The highest BCUT2D eigenvalue weighted by Crippen LogP contribution is 2.24. The maximum absolute atomic E-state index is 8.44. The Morgan fingerprint density at radius 3 is 2.67 bits per heavy atom. The maximum Gasteiger partial charge on any atom is 0.110 e. The number of ether oxygens (including phenoxy) is 1. The van der Waals surface area contributed by atoms with Gasteiger partial charge in [0.25, 0.3) is 0 Å². The molecule has 0 bridgehead atoms. The van der Waals surface area contributed by atoms with E-state index in [1.165, 1.54) is 32.1 Å². The molecule has 0 aromatic rings. The Hall–Kier alpha value is -0.500. The fraction of sp³-hybridized carbons (Fsp3) is 0.800. The second-order valence-electron chi connectivity index (χ2n) is 3.32. The highest BCUT2D eigenvalue weighted by molar-refractivity contribution is 4.85. The van der Waals surface area contributed by atoms with Gasteiger partial charge in [-0.15, -0.1) is 0 Å². The minimum atomic E-state index is 0.106. The monoisotopic (exact) mass is 170 g/mol. The van der Waals surface area contributed by atoms with Crippen molar-refractivity contribution in [2.45, 2.75) is 32.1 Å². The minimum absolute atomic E-state index is 0.106. The van der Waals surface area contributed by atoms with Crippen molar-refractivity contribution in [2.24, 2.45) is 5.92 Å². The van der Waals surface area contributed by atoms with Crippen molar-refractivity contribution in [1.82, 2.24) is 0 Å². The minimum Gasteiger partial charge on any atom is -0.499 e. The van der Waals surface area contributed by atoms with E-state index < -0.39 is 0 Å². The van der Waals surface area contributed by atoms with Gasteiger partial charge in [-0.25, -0.2) is 0 Å². The van der Waals surface area contributed by atoms with Crippen LogP contribution in [0.1, 0.15) is 32.1 Å². The lowest BCUT2D eigenvalue weighted by Crippen LogP contribution is -2.03. The molecule has 0 aromatic heterocycles. The third-order valence-electron chi connectivity index (χ3n) is 2.31. The Labute approximate surface area is 74.2 Å². The standard InChI is InChI=1S/C10H18O2/c11-7-9-12-8-6-10-4-2-1-3-5-10/h6,8,10-11H,1-5,7,9H2. The Bertz CT molecular complexity index is 126. The zero-order valence-corrected chi connectivity index (χ0v) is 7.54. The number of aliphatic hydroxyl groups is 1. The molecule has 2 nitrogen and oxygen atoms in total. The number of aliphatic hydroxyl groups excluding tert-OH is 1. The lowest BCUT2D eigenvalue weighted by Gasteiger charge is -2.17. The lowest BCUT2D eigenvalue weighted by molar-refractivity contribution is 0.164. The van der Waals surface area contributed by atoms with Crippen molar-refractivity contribution < 1.29 is 9.84 Å². The number of allylic oxidation sites excluding steroid dienone is 1. The molecular weight excluding hydrogens is 152 g/mol. The van der Waals surface area contributed by atoms with Crippen molar-refractivity contribution in [2.75, 3.05) is 13.2 Å². The quantitative estimate of drug-likeness (QED) is 0.517. The SMILES string of the molecule is OCCOC=CC1CCCCC1. The molecular formula is C10H18O2. The van der Waals surface area contributed by atoms with Crippen molar-refractivity contribution >= 4 is 0 Å². The average Bonchev–Trinajstić information content (AvgIpc) is 2.14. The van der Waals surface area contributed by atoms with Crippen LogP contribution in [-0.4, -0.2) is 18.3 Å². The molecule has 12 heavy (non-hydrogen) atoms. The van der Waals surface area contributed by atoms with Gasteiger partial charge in [0, 0.05) is 0 Å². The van der Waals surface area contributed by atoms with Crippen LogP contribution in [0.25, 0.3) is 0 Å². The third-order valence-corrected chi connectivity index (χ3v) is 2.31. The van der Waals surface area contributed by atoms with Gasteiger partial charge in [-0.2, -0.15) is 0 Å². The molecule has 70 valence electrons. The van der Waals surface area contributed by atoms with Crippen molar-refractivity contribution in [1.29, 1.82) is 0 Å². The van der Waals surface area contributed by atoms with Gasteiger partial charge < -0.3 is 9.84 Å². The number of hydrogen-bond donors (Lipinski definition) is 1. The fourth-order valence-electron chi connectivity index (χ4n) is 1.61. The summed E-state index contributed by atoms with van der Waals surface area (Å²) in [7, 11) is 0. The molecule has 0 aliphatic heterocycles. The van der Waals surface area contributed by atoms with Gasteiger partial charge in [-0.1, -0.05) is 19.3 Å². The first kappa shape index (κ1) is 9.59. The van der Waals surface area contributed by atoms with E-state index in [-0.39, 0.29) is 6.61 Å². The summed E-state index contributed by atoms with van der Waals surface area (Å²) in [5.41, 5.74) is 0. The van der Waals surface area contributed by atoms with E-state index in [0.717, 1.165) is 5.92 Å². The van der Waals surface area contributed by atoms with E-state index in [1.54, 1.807) is 6.26 Å². The molecule has 0 amide bonds. The largest absolute Gasteiger partial charge is 0.499 e.